The normalized spacial score (nSPS) is 13.7. The topological polar surface area (TPSA) is 88.6 Å². The van der Waals surface area contributed by atoms with Gasteiger partial charge in [0.1, 0.15) is 5.69 Å². The highest BCUT2D eigenvalue weighted by Crippen LogP contribution is 2.15. The standard InChI is InChI=1S/C21H23N3O4/c1-2-28-21(27)15-6-8-17(9-7-15)23-19(25)16-10-11-22-18(14-16)20(26)24-12-4-3-5-13-24/h6-11,14H,2-5,12-13H2,1H3,(H,23,25). The van der Waals surface area contributed by atoms with Crippen molar-refractivity contribution in [1.82, 2.24) is 9.88 Å². The number of hydrogen-bond donors (Lipinski definition) is 1. The molecular formula is C21H23N3O4. The molecule has 0 atom stereocenters. The Labute approximate surface area is 163 Å². The second kappa shape index (κ2) is 9.12. The average molecular weight is 381 g/mol. The van der Waals surface area contributed by atoms with Crippen molar-refractivity contribution in [2.24, 2.45) is 0 Å². The molecule has 2 amide bonds. The lowest BCUT2D eigenvalue weighted by Gasteiger charge is -2.26. The fraction of sp³-hybridized carbons (Fsp3) is 0.333. The van der Waals surface area contributed by atoms with Gasteiger partial charge in [-0.1, -0.05) is 0 Å². The Morgan fingerprint density at radius 3 is 2.43 bits per heavy atom. The van der Waals surface area contributed by atoms with E-state index in [2.05, 4.69) is 10.3 Å². The summed E-state index contributed by atoms with van der Waals surface area (Å²) in [7, 11) is 0. The van der Waals surface area contributed by atoms with Crippen molar-refractivity contribution in [1.29, 1.82) is 0 Å². The van der Waals surface area contributed by atoms with E-state index in [1.807, 2.05) is 0 Å². The van der Waals surface area contributed by atoms with Crippen LogP contribution in [0.25, 0.3) is 0 Å². The minimum absolute atomic E-state index is 0.145. The molecule has 2 aromatic rings. The Bertz CT molecular complexity index is 858. The number of esters is 1. The van der Waals surface area contributed by atoms with E-state index in [-0.39, 0.29) is 17.5 Å². The van der Waals surface area contributed by atoms with Gasteiger partial charge in [-0.15, -0.1) is 0 Å². The van der Waals surface area contributed by atoms with Crippen LogP contribution in [0.5, 0.6) is 0 Å². The smallest absolute Gasteiger partial charge is 0.338 e. The Balaban J connectivity index is 1.67. The number of anilines is 1. The van der Waals surface area contributed by atoms with Gasteiger partial charge < -0.3 is 15.0 Å². The van der Waals surface area contributed by atoms with Gasteiger partial charge in [-0.05, 0) is 62.6 Å². The molecule has 3 rings (SSSR count). The van der Waals surface area contributed by atoms with Crippen molar-refractivity contribution >= 4 is 23.5 Å². The third-order valence-corrected chi connectivity index (χ3v) is 4.54. The van der Waals surface area contributed by atoms with Gasteiger partial charge in [0, 0.05) is 30.5 Å². The molecule has 1 N–H and O–H groups in total. The van der Waals surface area contributed by atoms with E-state index >= 15 is 0 Å². The van der Waals surface area contributed by atoms with Gasteiger partial charge in [0.25, 0.3) is 11.8 Å². The average Bonchev–Trinajstić information content (AvgIpc) is 2.74. The molecule has 0 radical (unpaired) electrons. The Morgan fingerprint density at radius 2 is 1.75 bits per heavy atom. The van der Waals surface area contributed by atoms with E-state index in [1.165, 1.54) is 12.3 Å². The number of ether oxygens (including phenoxy) is 1. The summed E-state index contributed by atoms with van der Waals surface area (Å²) in [5.41, 5.74) is 1.58. The molecule has 7 nitrogen and oxygen atoms in total. The summed E-state index contributed by atoms with van der Waals surface area (Å²) in [6.45, 7) is 3.50. The first-order valence-electron chi connectivity index (χ1n) is 9.42. The maximum absolute atomic E-state index is 12.6. The molecule has 0 aliphatic carbocycles. The number of pyridine rings is 1. The summed E-state index contributed by atoms with van der Waals surface area (Å²) in [6, 6.07) is 9.52. The van der Waals surface area contributed by atoms with Gasteiger partial charge in [0.15, 0.2) is 0 Å². The highest BCUT2D eigenvalue weighted by Gasteiger charge is 2.20. The fourth-order valence-electron chi connectivity index (χ4n) is 3.06. The molecule has 146 valence electrons. The summed E-state index contributed by atoms with van der Waals surface area (Å²) in [5.74, 6) is -0.900. The number of nitrogens with zero attached hydrogens (tertiary/aromatic N) is 2. The van der Waals surface area contributed by atoms with Crippen LogP contribution in [0.2, 0.25) is 0 Å². The van der Waals surface area contributed by atoms with Crippen molar-refractivity contribution < 1.29 is 19.1 Å². The summed E-state index contributed by atoms with van der Waals surface area (Å²) in [4.78, 5) is 42.7. The number of aromatic nitrogens is 1. The molecule has 0 saturated carbocycles. The quantitative estimate of drug-likeness (QED) is 0.804. The van der Waals surface area contributed by atoms with Gasteiger partial charge in [0.2, 0.25) is 0 Å². The number of rotatable bonds is 5. The molecule has 1 aromatic heterocycles. The van der Waals surface area contributed by atoms with E-state index in [4.69, 9.17) is 4.74 Å². The monoisotopic (exact) mass is 381 g/mol. The fourth-order valence-corrected chi connectivity index (χ4v) is 3.06. The first kappa shape index (κ1) is 19.5. The van der Waals surface area contributed by atoms with Crippen LogP contribution in [0.15, 0.2) is 42.6 Å². The molecule has 1 aliphatic heterocycles. The number of piperidine rings is 1. The molecule has 28 heavy (non-hydrogen) atoms. The Kier molecular flexibility index (Phi) is 6.37. The molecular weight excluding hydrogens is 358 g/mol. The van der Waals surface area contributed by atoms with Crippen LogP contribution in [0.3, 0.4) is 0 Å². The third kappa shape index (κ3) is 4.73. The van der Waals surface area contributed by atoms with Crippen molar-refractivity contribution in [3.63, 3.8) is 0 Å². The van der Waals surface area contributed by atoms with Gasteiger partial charge >= 0.3 is 5.97 Å². The van der Waals surface area contributed by atoms with Crippen LogP contribution in [-0.4, -0.2) is 47.4 Å². The maximum atomic E-state index is 12.6. The van der Waals surface area contributed by atoms with Crippen molar-refractivity contribution in [3.8, 4) is 0 Å². The lowest BCUT2D eigenvalue weighted by Crippen LogP contribution is -2.36. The first-order valence-corrected chi connectivity index (χ1v) is 9.42. The number of carbonyl (C=O) groups is 3. The van der Waals surface area contributed by atoms with Crippen LogP contribution in [0.1, 0.15) is 57.4 Å². The van der Waals surface area contributed by atoms with Crippen LogP contribution in [0, 0.1) is 0 Å². The minimum Gasteiger partial charge on any atom is -0.462 e. The van der Waals surface area contributed by atoms with Gasteiger partial charge in [-0.3, -0.25) is 14.6 Å². The van der Waals surface area contributed by atoms with Crippen LogP contribution in [-0.2, 0) is 4.74 Å². The van der Waals surface area contributed by atoms with Crippen LogP contribution < -0.4 is 5.32 Å². The highest BCUT2D eigenvalue weighted by molar-refractivity contribution is 6.05. The van der Waals surface area contributed by atoms with Crippen molar-refractivity contribution in [2.45, 2.75) is 26.2 Å². The summed E-state index contributed by atoms with van der Waals surface area (Å²) in [6.07, 6.45) is 4.59. The van der Waals surface area contributed by atoms with Gasteiger partial charge in [-0.2, -0.15) is 0 Å². The predicted octanol–water partition coefficient (Wildman–Crippen LogP) is 3.14. The number of carbonyl (C=O) groups excluding carboxylic acids is 3. The van der Waals surface area contributed by atoms with E-state index in [0.29, 0.717) is 23.4 Å². The predicted molar refractivity (Wildman–Crippen MR) is 104 cm³/mol. The van der Waals surface area contributed by atoms with E-state index in [1.54, 1.807) is 42.2 Å². The number of nitrogens with one attached hydrogen (secondary N) is 1. The lowest BCUT2D eigenvalue weighted by molar-refractivity contribution is 0.0526. The summed E-state index contributed by atoms with van der Waals surface area (Å²) >= 11 is 0. The minimum atomic E-state index is -0.407. The second-order valence-electron chi connectivity index (χ2n) is 6.53. The molecule has 1 saturated heterocycles. The summed E-state index contributed by atoms with van der Waals surface area (Å²) < 4.78 is 4.93. The van der Waals surface area contributed by atoms with Gasteiger partial charge in [-0.25, -0.2) is 4.79 Å². The Hall–Kier alpha value is -3.22. The number of amides is 2. The van der Waals surface area contributed by atoms with Crippen LogP contribution in [0.4, 0.5) is 5.69 Å². The molecule has 7 heteroatoms. The van der Waals surface area contributed by atoms with Gasteiger partial charge in [0.05, 0.1) is 12.2 Å². The molecule has 1 aromatic carbocycles. The number of likely N-dealkylation sites (tertiary alicyclic amines) is 1. The van der Waals surface area contributed by atoms with E-state index in [0.717, 1.165) is 32.4 Å². The molecule has 0 unspecified atom stereocenters. The number of benzene rings is 1. The summed E-state index contributed by atoms with van der Waals surface area (Å²) in [5, 5.41) is 2.76. The molecule has 1 aliphatic rings. The first-order chi connectivity index (χ1) is 13.6. The maximum Gasteiger partial charge on any atom is 0.338 e. The van der Waals surface area contributed by atoms with E-state index in [9.17, 15) is 14.4 Å². The zero-order valence-electron chi connectivity index (χ0n) is 15.8. The lowest BCUT2D eigenvalue weighted by atomic mass is 10.1. The third-order valence-electron chi connectivity index (χ3n) is 4.54. The Morgan fingerprint density at radius 1 is 1.04 bits per heavy atom. The van der Waals surface area contributed by atoms with E-state index < -0.39 is 5.97 Å². The zero-order chi connectivity index (χ0) is 19.9. The zero-order valence-corrected chi connectivity index (χ0v) is 15.8. The van der Waals surface area contributed by atoms with Crippen LogP contribution >= 0.6 is 0 Å². The molecule has 2 heterocycles. The molecule has 1 fully saturated rings. The molecule has 0 spiro atoms. The SMILES string of the molecule is CCOC(=O)c1ccc(NC(=O)c2ccnc(C(=O)N3CCCCC3)c2)cc1. The largest absolute Gasteiger partial charge is 0.462 e. The number of hydrogen-bond acceptors (Lipinski definition) is 5. The second-order valence-corrected chi connectivity index (χ2v) is 6.53. The van der Waals surface area contributed by atoms with Crippen molar-refractivity contribution in [2.75, 3.05) is 25.0 Å². The van der Waals surface area contributed by atoms with Crippen molar-refractivity contribution in [3.05, 3.63) is 59.4 Å². The highest BCUT2D eigenvalue weighted by atomic mass is 16.5. The molecule has 0 bridgehead atoms.